The summed E-state index contributed by atoms with van der Waals surface area (Å²) in [5, 5.41) is 41.5. The zero-order chi connectivity index (χ0) is 21.6. The molecule has 8 atom stereocenters. The molecule has 3 saturated carbocycles. The number of carbonyl (C=O) groups is 2. The highest BCUT2D eigenvalue weighted by molar-refractivity contribution is 5.85. The Hall–Kier alpha value is -1.02. The fourth-order valence-electron chi connectivity index (χ4n) is 7.09. The predicted octanol–water partition coefficient (Wildman–Crippen LogP) is 1.05. The van der Waals surface area contributed by atoms with Crippen molar-refractivity contribution in [1.29, 1.82) is 0 Å². The van der Waals surface area contributed by atoms with E-state index in [2.05, 4.69) is 6.92 Å². The van der Waals surface area contributed by atoms with E-state index >= 15 is 0 Å². The highest BCUT2D eigenvalue weighted by atomic mass is 16.6. The van der Waals surface area contributed by atoms with Gasteiger partial charge in [0, 0.05) is 35.7 Å². The Balaban J connectivity index is 2.24. The van der Waals surface area contributed by atoms with Crippen LogP contribution in [0.3, 0.4) is 0 Å². The molecule has 3 aliphatic carbocycles. The summed E-state index contributed by atoms with van der Waals surface area (Å²) in [7, 11) is 0. The summed E-state index contributed by atoms with van der Waals surface area (Å²) in [6.45, 7) is 4.60. The Kier molecular flexibility index (Phi) is 6.18. The van der Waals surface area contributed by atoms with Gasteiger partial charge >= 0.3 is 5.97 Å². The van der Waals surface area contributed by atoms with Crippen molar-refractivity contribution in [3.05, 3.63) is 0 Å². The monoisotopic (exact) mass is 412 g/mol. The Morgan fingerprint density at radius 3 is 2.48 bits per heavy atom. The van der Waals surface area contributed by atoms with Crippen LogP contribution in [0.25, 0.3) is 0 Å². The molecule has 0 aromatic rings. The number of aliphatic hydroxyl groups is 4. The minimum Gasteiger partial charge on any atom is -0.460 e. The number of hydrogen-bond acceptors (Lipinski definition) is 7. The Morgan fingerprint density at radius 2 is 1.93 bits per heavy atom. The number of ketones is 1. The first-order chi connectivity index (χ1) is 13.7. The van der Waals surface area contributed by atoms with E-state index in [0.29, 0.717) is 25.7 Å². The minimum absolute atomic E-state index is 0.0713. The van der Waals surface area contributed by atoms with Gasteiger partial charge in [0.25, 0.3) is 0 Å². The Morgan fingerprint density at radius 1 is 1.24 bits per heavy atom. The molecule has 0 amide bonds. The minimum atomic E-state index is -1.02. The summed E-state index contributed by atoms with van der Waals surface area (Å²) in [4.78, 5) is 25.3. The van der Waals surface area contributed by atoms with Crippen molar-refractivity contribution in [3.8, 4) is 0 Å². The van der Waals surface area contributed by atoms with E-state index in [0.717, 1.165) is 6.42 Å². The third kappa shape index (κ3) is 3.08. The van der Waals surface area contributed by atoms with E-state index < -0.39 is 52.9 Å². The normalized spacial score (nSPS) is 47.3. The molecule has 0 aromatic carbocycles. The van der Waals surface area contributed by atoms with Gasteiger partial charge in [-0.15, -0.1) is 0 Å². The maximum Gasteiger partial charge on any atom is 0.332 e. The van der Waals surface area contributed by atoms with Crippen LogP contribution in [-0.2, 0) is 14.3 Å². The second-order valence-corrected chi connectivity index (χ2v) is 9.89. The zero-order valence-electron chi connectivity index (χ0n) is 17.8. The van der Waals surface area contributed by atoms with Gasteiger partial charge in [0.05, 0.1) is 12.7 Å². The van der Waals surface area contributed by atoms with Gasteiger partial charge in [0.15, 0.2) is 0 Å². The van der Waals surface area contributed by atoms with Gasteiger partial charge in [0.2, 0.25) is 0 Å². The molecule has 7 nitrogen and oxygen atoms in total. The van der Waals surface area contributed by atoms with Crippen molar-refractivity contribution in [2.45, 2.75) is 71.5 Å². The molecule has 0 aromatic heterocycles. The van der Waals surface area contributed by atoms with E-state index in [1.54, 1.807) is 0 Å². The molecular weight excluding hydrogens is 376 g/mol. The highest BCUT2D eigenvalue weighted by Gasteiger charge is 2.69. The number of esters is 1. The number of Topliss-reactive ketones (excluding diaryl/α,β-unsaturated/α-hetero) is 1. The van der Waals surface area contributed by atoms with Crippen LogP contribution in [0.15, 0.2) is 0 Å². The standard InChI is InChI=1S/C22H36O7/c1-4-21(12-25)9-16(29-17(27)11-24)20(3)13(2)5-7-22(14(10-23)19(21)28)8-6-15(26)18(20)22/h13-14,16,18-19,23-25,28H,4-12H2,1-3H3/t13-,14+,16-,18?,19+,20+,21-,22+/m1/s1. The molecular formula is C22H36O7. The molecule has 0 aliphatic heterocycles. The second-order valence-electron chi connectivity index (χ2n) is 9.89. The number of aliphatic hydroxyl groups excluding tert-OH is 4. The molecule has 0 radical (unpaired) electrons. The predicted molar refractivity (Wildman–Crippen MR) is 105 cm³/mol. The van der Waals surface area contributed by atoms with Gasteiger partial charge in [-0.3, -0.25) is 4.79 Å². The molecule has 2 bridgehead atoms. The van der Waals surface area contributed by atoms with Gasteiger partial charge in [-0.1, -0.05) is 20.8 Å². The number of carbonyl (C=O) groups excluding carboxylic acids is 2. The van der Waals surface area contributed by atoms with E-state index in [9.17, 15) is 30.0 Å². The lowest BCUT2D eigenvalue weighted by Crippen LogP contribution is -2.65. The van der Waals surface area contributed by atoms with Crippen molar-refractivity contribution in [2.75, 3.05) is 19.8 Å². The molecule has 0 heterocycles. The van der Waals surface area contributed by atoms with Crippen molar-refractivity contribution >= 4 is 11.8 Å². The van der Waals surface area contributed by atoms with Gasteiger partial charge in [-0.2, -0.15) is 0 Å². The molecule has 0 saturated heterocycles. The first-order valence-electron chi connectivity index (χ1n) is 10.9. The van der Waals surface area contributed by atoms with Crippen molar-refractivity contribution < 1.29 is 34.8 Å². The average molecular weight is 413 g/mol. The SMILES string of the molecule is CC[C@]1(CO)C[C@@H](OC(=O)CO)[C@@]2(C)C3C(=O)CC[C@@]3(CC[C@H]2C)[C@@H](CO)[C@@H]1O. The summed E-state index contributed by atoms with van der Waals surface area (Å²) in [5.74, 6) is -1.55. The third-order valence-electron chi connectivity index (χ3n) is 9.11. The molecule has 29 heavy (non-hydrogen) atoms. The topological polar surface area (TPSA) is 124 Å². The summed E-state index contributed by atoms with van der Waals surface area (Å²) in [5.41, 5.74) is -2.23. The van der Waals surface area contributed by atoms with Crippen LogP contribution >= 0.6 is 0 Å². The van der Waals surface area contributed by atoms with Crippen LogP contribution in [0.5, 0.6) is 0 Å². The lowest BCUT2D eigenvalue weighted by Gasteiger charge is -2.62. The molecule has 3 fully saturated rings. The van der Waals surface area contributed by atoms with E-state index in [1.165, 1.54) is 0 Å². The molecule has 7 heteroatoms. The lowest BCUT2D eigenvalue weighted by atomic mass is 9.43. The fraction of sp³-hybridized carbons (Fsp3) is 0.909. The summed E-state index contributed by atoms with van der Waals surface area (Å²) >= 11 is 0. The van der Waals surface area contributed by atoms with E-state index in [4.69, 9.17) is 4.74 Å². The molecule has 166 valence electrons. The smallest absolute Gasteiger partial charge is 0.332 e. The first kappa shape index (κ1) is 22.7. The largest absolute Gasteiger partial charge is 0.460 e. The second kappa shape index (κ2) is 7.91. The number of rotatable bonds is 5. The van der Waals surface area contributed by atoms with Crippen LogP contribution in [0.4, 0.5) is 0 Å². The van der Waals surface area contributed by atoms with Crippen LogP contribution < -0.4 is 0 Å². The maximum atomic E-state index is 13.2. The molecule has 1 unspecified atom stereocenters. The number of hydrogen-bond donors (Lipinski definition) is 4. The molecule has 0 spiro atoms. The van der Waals surface area contributed by atoms with Gasteiger partial charge < -0.3 is 25.2 Å². The van der Waals surface area contributed by atoms with Crippen molar-refractivity contribution in [3.63, 3.8) is 0 Å². The fourth-order valence-corrected chi connectivity index (χ4v) is 7.09. The average Bonchev–Trinajstić information content (AvgIpc) is 3.06. The third-order valence-corrected chi connectivity index (χ3v) is 9.11. The van der Waals surface area contributed by atoms with Crippen LogP contribution in [0, 0.1) is 34.0 Å². The summed E-state index contributed by atoms with van der Waals surface area (Å²) in [6.07, 6.45) is 1.37. The van der Waals surface area contributed by atoms with Gasteiger partial charge in [0.1, 0.15) is 18.5 Å². The lowest BCUT2D eigenvalue weighted by molar-refractivity contribution is -0.226. The zero-order valence-corrected chi connectivity index (χ0v) is 17.8. The molecule has 4 N–H and O–H groups in total. The molecule has 3 rings (SSSR count). The summed E-state index contributed by atoms with van der Waals surface area (Å²) in [6, 6.07) is 0. The van der Waals surface area contributed by atoms with E-state index in [1.807, 2.05) is 13.8 Å². The van der Waals surface area contributed by atoms with Crippen molar-refractivity contribution in [1.82, 2.24) is 0 Å². The maximum absolute atomic E-state index is 13.2. The highest BCUT2D eigenvalue weighted by Crippen LogP contribution is 2.68. The Labute approximate surface area is 172 Å². The number of ether oxygens (including phenoxy) is 1. The van der Waals surface area contributed by atoms with Crippen molar-refractivity contribution in [2.24, 2.45) is 34.0 Å². The quantitative estimate of drug-likeness (QED) is 0.498. The first-order valence-corrected chi connectivity index (χ1v) is 10.9. The van der Waals surface area contributed by atoms with Crippen LogP contribution in [0.1, 0.15) is 59.3 Å². The van der Waals surface area contributed by atoms with Gasteiger partial charge in [-0.25, -0.2) is 4.79 Å². The molecule has 3 aliphatic rings. The van der Waals surface area contributed by atoms with E-state index in [-0.39, 0.29) is 31.3 Å². The van der Waals surface area contributed by atoms with Crippen LogP contribution in [0.2, 0.25) is 0 Å². The summed E-state index contributed by atoms with van der Waals surface area (Å²) < 4.78 is 5.74. The Bertz CT molecular complexity index is 645. The van der Waals surface area contributed by atoms with Crippen LogP contribution in [-0.4, -0.2) is 64.2 Å². The van der Waals surface area contributed by atoms with Gasteiger partial charge in [-0.05, 0) is 43.4 Å².